The van der Waals surface area contributed by atoms with E-state index in [1.165, 1.54) is 0 Å². The summed E-state index contributed by atoms with van der Waals surface area (Å²) in [4.78, 5) is 42.2. The Morgan fingerprint density at radius 1 is 0.977 bits per heavy atom. The Morgan fingerprint density at radius 3 is 2.19 bits per heavy atom. The molecule has 0 saturated carbocycles. The Balaban J connectivity index is 1.57. The first-order chi connectivity index (χ1) is 20.4. The van der Waals surface area contributed by atoms with Gasteiger partial charge in [0.25, 0.3) is 0 Å². The van der Waals surface area contributed by atoms with Gasteiger partial charge in [-0.05, 0) is 106 Å². The van der Waals surface area contributed by atoms with Gasteiger partial charge in [0.05, 0.1) is 6.61 Å². The van der Waals surface area contributed by atoms with Gasteiger partial charge in [0.2, 0.25) is 0 Å². The zero-order chi connectivity index (χ0) is 31.3. The lowest BCUT2D eigenvalue weighted by atomic mass is 9.84. The van der Waals surface area contributed by atoms with Gasteiger partial charge in [0, 0.05) is 33.9 Å². The molecule has 2 unspecified atom stereocenters. The fourth-order valence-electron chi connectivity index (χ4n) is 5.38. The molecular weight excluding hydrogens is 630 g/mol. The molecule has 1 aliphatic heterocycles. The van der Waals surface area contributed by atoms with E-state index in [-0.39, 0.29) is 24.9 Å². The number of carbonyl (C=O) groups is 3. The summed E-state index contributed by atoms with van der Waals surface area (Å²) in [5.74, 6) is 0.157. The molecule has 7 nitrogen and oxygen atoms in total. The lowest BCUT2D eigenvalue weighted by Crippen LogP contribution is -2.40. The van der Waals surface area contributed by atoms with E-state index in [4.69, 9.17) is 14.2 Å². The highest BCUT2D eigenvalue weighted by molar-refractivity contribution is 9.10. The minimum atomic E-state index is -1.14. The van der Waals surface area contributed by atoms with Crippen LogP contribution < -0.4 is 9.47 Å². The number of hydrogen-bond acceptors (Lipinski definition) is 7. The zero-order valence-corrected chi connectivity index (χ0v) is 27.8. The average molecular weight is 669 g/mol. The van der Waals surface area contributed by atoms with E-state index in [0.717, 1.165) is 26.1 Å². The number of ketones is 1. The van der Waals surface area contributed by atoms with Crippen molar-refractivity contribution in [2.75, 3.05) is 26.0 Å². The molecule has 1 aliphatic rings. The highest BCUT2D eigenvalue weighted by Crippen LogP contribution is 2.34. The number of thioether (sulfide) groups is 1. The van der Waals surface area contributed by atoms with Gasteiger partial charge in [-0.25, -0.2) is 9.59 Å². The summed E-state index contributed by atoms with van der Waals surface area (Å²) in [7, 11) is 0. The third kappa shape index (κ3) is 8.00. The van der Waals surface area contributed by atoms with Gasteiger partial charge in [-0.1, -0.05) is 40.2 Å². The molecule has 4 rings (SSSR count). The Bertz CT molecular complexity index is 1450. The number of likely N-dealkylation sites (tertiary alicyclic amines) is 1. The van der Waals surface area contributed by atoms with Crippen molar-refractivity contribution in [2.45, 2.75) is 51.5 Å². The number of Topliss-reactive ketones (excluding diaryl/α,β-unsaturated/α-hetero) is 1. The number of benzene rings is 3. The van der Waals surface area contributed by atoms with Crippen molar-refractivity contribution in [3.63, 3.8) is 0 Å². The van der Waals surface area contributed by atoms with Crippen LogP contribution in [0.15, 0.2) is 70.0 Å². The summed E-state index contributed by atoms with van der Waals surface area (Å²) in [5, 5.41) is 0. The third-order valence-corrected chi connectivity index (χ3v) is 8.84. The number of carbonyl (C=O) groups excluding carboxylic acids is 3. The lowest BCUT2D eigenvalue weighted by molar-refractivity contribution is -0.158. The van der Waals surface area contributed by atoms with Crippen LogP contribution in [0.25, 0.3) is 0 Å². The molecule has 2 atom stereocenters. The third-order valence-electron chi connectivity index (χ3n) is 7.57. The maximum Gasteiger partial charge on any atom is 0.415 e. The molecule has 0 spiro atoms. The first-order valence-electron chi connectivity index (χ1n) is 14.3. The van der Waals surface area contributed by atoms with Crippen molar-refractivity contribution < 1.29 is 28.6 Å². The molecule has 9 heteroatoms. The number of esters is 1. The quantitative estimate of drug-likeness (QED) is 0.125. The monoisotopic (exact) mass is 667 g/mol. The molecule has 3 aromatic rings. The smallest absolute Gasteiger partial charge is 0.415 e. The second-order valence-electron chi connectivity index (χ2n) is 11.3. The van der Waals surface area contributed by atoms with Crippen molar-refractivity contribution in [1.82, 2.24) is 4.90 Å². The summed E-state index contributed by atoms with van der Waals surface area (Å²) >= 11 is 5.02. The average Bonchev–Trinajstić information content (AvgIpc) is 3.40. The summed E-state index contributed by atoms with van der Waals surface area (Å²) in [5.41, 5.74) is 2.28. The first kappa shape index (κ1) is 32.6. The predicted molar refractivity (Wildman–Crippen MR) is 172 cm³/mol. The van der Waals surface area contributed by atoms with Crippen molar-refractivity contribution in [1.29, 1.82) is 0 Å². The van der Waals surface area contributed by atoms with Crippen molar-refractivity contribution in [2.24, 2.45) is 11.8 Å². The molecule has 0 aliphatic carbocycles. The largest absolute Gasteiger partial charge is 0.476 e. The van der Waals surface area contributed by atoms with E-state index in [9.17, 15) is 14.4 Å². The van der Waals surface area contributed by atoms with Crippen LogP contribution in [0.5, 0.6) is 11.5 Å². The Morgan fingerprint density at radius 2 is 1.60 bits per heavy atom. The van der Waals surface area contributed by atoms with E-state index in [0.29, 0.717) is 30.0 Å². The second kappa shape index (κ2) is 14.0. The van der Waals surface area contributed by atoms with E-state index in [1.54, 1.807) is 49.6 Å². The van der Waals surface area contributed by atoms with Crippen LogP contribution in [0.4, 0.5) is 4.79 Å². The molecule has 1 saturated heterocycles. The minimum absolute atomic E-state index is 0.0150. The van der Waals surface area contributed by atoms with E-state index < -0.39 is 23.6 Å². The van der Waals surface area contributed by atoms with E-state index >= 15 is 0 Å². The van der Waals surface area contributed by atoms with Crippen LogP contribution in [0, 0.1) is 25.7 Å². The Hall–Kier alpha value is -3.30. The van der Waals surface area contributed by atoms with Crippen LogP contribution in [-0.2, 0) is 16.0 Å². The first-order valence-corrected chi connectivity index (χ1v) is 16.3. The number of halogens is 1. The van der Waals surface area contributed by atoms with Gasteiger partial charge in [-0.3, -0.25) is 4.79 Å². The number of amides is 1. The topological polar surface area (TPSA) is 82.1 Å². The van der Waals surface area contributed by atoms with Gasteiger partial charge >= 0.3 is 12.1 Å². The molecule has 0 aromatic heterocycles. The second-order valence-corrected chi connectivity index (χ2v) is 13.1. The molecule has 3 aromatic carbocycles. The molecule has 1 amide bonds. The van der Waals surface area contributed by atoms with Gasteiger partial charge in [0.15, 0.2) is 11.4 Å². The van der Waals surface area contributed by atoms with Gasteiger partial charge < -0.3 is 19.1 Å². The fraction of sp³-hybridized carbons (Fsp3) is 0.382. The summed E-state index contributed by atoms with van der Waals surface area (Å²) in [6, 6.07) is 18.8. The van der Waals surface area contributed by atoms with Crippen LogP contribution >= 0.6 is 27.7 Å². The lowest BCUT2D eigenvalue weighted by Gasteiger charge is -2.27. The molecule has 43 heavy (non-hydrogen) atoms. The maximum absolute atomic E-state index is 13.8. The van der Waals surface area contributed by atoms with E-state index in [1.807, 2.05) is 68.6 Å². The zero-order valence-electron chi connectivity index (χ0n) is 25.4. The fourth-order valence-corrected chi connectivity index (χ4v) is 6.06. The van der Waals surface area contributed by atoms with Gasteiger partial charge in [-0.2, -0.15) is 0 Å². The Labute approximate surface area is 266 Å². The van der Waals surface area contributed by atoms with Crippen molar-refractivity contribution in [3.05, 3.63) is 87.4 Å². The molecule has 0 bridgehead atoms. The summed E-state index contributed by atoms with van der Waals surface area (Å²) in [6.07, 6.45) is 2.11. The molecule has 1 fully saturated rings. The van der Waals surface area contributed by atoms with Crippen LogP contribution in [0.2, 0.25) is 0 Å². The number of ether oxygens (including phenoxy) is 3. The summed E-state index contributed by atoms with van der Waals surface area (Å²) < 4.78 is 17.9. The maximum atomic E-state index is 13.8. The standard InChI is InChI=1S/C34H38BrNO6S/c1-7-40-32(38)34(4,5)42-31-21(2)16-23(17-22(31)3)18-25-19-36(33(39)41-27-12-10-26(35)11-13-27)20-29(25)30(37)24-8-14-28(43-6)15-9-24/h8-17,25,29H,7,18-20H2,1-6H3. The van der Waals surface area contributed by atoms with Crippen molar-refractivity contribution in [3.8, 4) is 11.5 Å². The van der Waals surface area contributed by atoms with Crippen molar-refractivity contribution >= 4 is 45.5 Å². The Kier molecular flexibility index (Phi) is 10.6. The predicted octanol–water partition coefficient (Wildman–Crippen LogP) is 7.68. The number of rotatable bonds is 10. The van der Waals surface area contributed by atoms with Crippen LogP contribution in [0.1, 0.15) is 47.8 Å². The highest BCUT2D eigenvalue weighted by atomic mass is 79.9. The molecule has 1 heterocycles. The van der Waals surface area contributed by atoms with Crippen LogP contribution in [0.3, 0.4) is 0 Å². The number of hydrogen-bond donors (Lipinski definition) is 0. The molecule has 228 valence electrons. The van der Waals surface area contributed by atoms with Crippen LogP contribution in [-0.4, -0.2) is 54.3 Å². The normalized spacial score (nSPS) is 16.6. The highest BCUT2D eigenvalue weighted by Gasteiger charge is 2.41. The van der Waals surface area contributed by atoms with E-state index in [2.05, 4.69) is 15.9 Å². The molecule has 0 radical (unpaired) electrons. The SMILES string of the molecule is CCOC(=O)C(C)(C)Oc1c(C)cc(CC2CN(C(=O)Oc3ccc(Br)cc3)CC2C(=O)c2ccc(SC)cc2)cc1C. The minimum Gasteiger partial charge on any atom is -0.476 e. The number of nitrogens with zero attached hydrogens (tertiary/aromatic N) is 1. The molecule has 0 N–H and O–H groups in total. The molecular formula is C34H38BrNO6S. The van der Waals surface area contributed by atoms with Gasteiger partial charge in [-0.15, -0.1) is 11.8 Å². The summed E-state index contributed by atoms with van der Waals surface area (Å²) in [6.45, 7) is 9.98. The number of aryl methyl sites for hydroxylation is 2. The van der Waals surface area contributed by atoms with Gasteiger partial charge in [0.1, 0.15) is 11.5 Å².